The molecule has 0 atom stereocenters. The molecule has 2 nitrogen and oxygen atoms in total. The maximum atomic E-state index is 5.23. The Bertz CT molecular complexity index is 1400. The molecule has 0 amide bonds. The third-order valence-corrected chi connectivity index (χ3v) is 14.9. The predicted octanol–water partition coefficient (Wildman–Crippen LogP) is 23.6. The fourth-order valence-electron chi connectivity index (χ4n) is 10.3. The molecule has 0 spiro atoms. The Labute approximate surface area is 442 Å². The zero-order valence-electron chi connectivity index (χ0n) is 46.6. The third kappa shape index (κ3) is 43.6. The van der Waals surface area contributed by atoms with Gasteiger partial charge in [0.25, 0.3) is 0 Å². The zero-order chi connectivity index (χ0) is 48.3. The van der Waals surface area contributed by atoms with Crippen LogP contribution in [-0.4, -0.2) is 11.9 Å². The second kappa shape index (κ2) is 52.6. The minimum absolute atomic E-state index is 0. The first-order valence-electron chi connectivity index (χ1n) is 31.0. The van der Waals surface area contributed by atoms with Crippen molar-refractivity contribution in [1.29, 1.82) is 0 Å². The summed E-state index contributed by atoms with van der Waals surface area (Å²) in [6.07, 6.45) is 70.5. The maximum absolute atomic E-state index is 5.23. The Morgan fingerprint density at radius 1 is 0.319 bits per heavy atom. The molecule has 0 radical (unpaired) electrons. The van der Waals surface area contributed by atoms with Crippen molar-refractivity contribution in [1.82, 2.24) is 0 Å². The van der Waals surface area contributed by atoms with Crippen molar-refractivity contribution in [3.63, 3.8) is 0 Å². The first-order valence-corrected chi connectivity index (χ1v) is 31.0. The molecule has 2 aromatic rings. The molecule has 0 N–H and O–H groups in total. The predicted molar refractivity (Wildman–Crippen MR) is 310 cm³/mol. The molecule has 2 rings (SSSR count). The van der Waals surface area contributed by atoms with Crippen LogP contribution in [0.1, 0.15) is 334 Å². The van der Waals surface area contributed by atoms with Crippen LogP contribution in [0.2, 0.25) is 0 Å². The average molecular weight is 996 g/mol. The van der Waals surface area contributed by atoms with Crippen molar-refractivity contribution in [2.75, 3.05) is 0 Å². The molecule has 0 aromatic heterocycles. The number of nitrogens with zero attached hydrogens (tertiary/aromatic N) is 2. The summed E-state index contributed by atoms with van der Waals surface area (Å²) in [5.41, 5.74) is 6.14. The van der Waals surface area contributed by atoms with E-state index in [0.29, 0.717) is 0 Å². The zero-order valence-corrected chi connectivity index (χ0v) is 47.5. The minimum atomic E-state index is 0. The van der Waals surface area contributed by atoms with E-state index in [1.165, 1.54) is 306 Å². The van der Waals surface area contributed by atoms with Gasteiger partial charge in [-0.1, -0.05) is 321 Å². The molecule has 0 heterocycles. The molecule has 0 saturated heterocycles. The van der Waals surface area contributed by atoms with Crippen LogP contribution in [0, 0.1) is 0 Å². The molecule has 69 heavy (non-hydrogen) atoms. The minimum Gasteiger partial charge on any atom is -0.255 e. The Morgan fingerprint density at radius 2 is 0.580 bits per heavy atom. The summed E-state index contributed by atoms with van der Waals surface area (Å²) in [5.74, 6) is 0. The normalized spacial score (nSPS) is 11.8. The second-order valence-electron chi connectivity index (χ2n) is 21.7. The van der Waals surface area contributed by atoms with Gasteiger partial charge in [-0.25, -0.2) is 0 Å². The van der Waals surface area contributed by atoms with Crippen molar-refractivity contribution >= 4 is 23.3 Å². The van der Waals surface area contributed by atoms with Gasteiger partial charge in [0, 0.05) is 22.7 Å². The molecule has 0 unspecified atom stereocenters. The van der Waals surface area contributed by atoms with Gasteiger partial charge in [-0.15, -0.1) is 0 Å². The number of benzene rings is 2. The van der Waals surface area contributed by atoms with Crippen molar-refractivity contribution < 1.29 is 16.5 Å². The molecule has 0 aliphatic heterocycles. The number of unbranched alkanes of at least 4 members (excludes halogenated alkanes) is 43. The summed E-state index contributed by atoms with van der Waals surface area (Å²) >= 11 is 0. The van der Waals surface area contributed by atoms with Crippen LogP contribution in [0.25, 0.3) is 0 Å². The maximum Gasteiger partial charge on any atom is 0.0636 e. The van der Waals surface area contributed by atoms with Crippen molar-refractivity contribution in [3.8, 4) is 0 Å². The van der Waals surface area contributed by atoms with Crippen LogP contribution in [0.3, 0.4) is 0 Å². The summed E-state index contributed by atoms with van der Waals surface area (Å²) in [6, 6.07) is 18.0. The van der Waals surface area contributed by atoms with E-state index in [1.807, 2.05) is 0 Å². The Morgan fingerprint density at radius 3 is 0.899 bits per heavy atom. The molecule has 0 aliphatic rings. The molecule has 400 valence electrons. The summed E-state index contributed by atoms with van der Waals surface area (Å²) in [6.45, 7) is 6.92. The van der Waals surface area contributed by atoms with E-state index >= 15 is 0 Å². The van der Waals surface area contributed by atoms with Gasteiger partial charge in [-0.2, -0.15) is 0 Å². The van der Waals surface area contributed by atoms with E-state index < -0.39 is 0 Å². The smallest absolute Gasteiger partial charge is 0.0636 e. The van der Waals surface area contributed by atoms with Crippen LogP contribution in [-0.2, 0) is 29.3 Å². The fourth-order valence-corrected chi connectivity index (χ4v) is 10.3. The van der Waals surface area contributed by atoms with Crippen LogP contribution in [0.15, 0.2) is 58.5 Å². The van der Waals surface area contributed by atoms with Crippen LogP contribution < -0.4 is 0 Å². The molecule has 0 saturated carbocycles. The summed E-state index contributed by atoms with van der Waals surface area (Å²) in [4.78, 5) is 10.3. The number of aryl methyl sites for hydroxylation is 2. The van der Waals surface area contributed by atoms with Crippen molar-refractivity contribution in [2.24, 2.45) is 9.98 Å². The number of hydrogen-bond donors (Lipinski definition) is 0. The fraction of sp³-hybridized carbons (Fsp3) is 0.788. The van der Waals surface area contributed by atoms with Gasteiger partial charge in [0.1, 0.15) is 0 Å². The second-order valence-corrected chi connectivity index (χ2v) is 21.7. The van der Waals surface area contributed by atoms with E-state index in [-0.39, 0.29) is 16.5 Å². The molecular weight excluding hydrogens is 879 g/mol. The monoisotopic (exact) mass is 995 g/mol. The Hall–Kier alpha value is -1.73. The first-order chi connectivity index (χ1) is 33.7. The SMILES string of the molecule is CCCCCCCCCCCCCCCCCCCCCCc1cccc(N=CC(CCCCCCCC)=Nc2cccc(CCCCCCCCCCCCCCCCCCCCCC)c2)c1.[Ni]. The van der Waals surface area contributed by atoms with Crippen LogP contribution >= 0.6 is 0 Å². The van der Waals surface area contributed by atoms with E-state index in [4.69, 9.17) is 9.98 Å². The molecule has 2 aromatic carbocycles. The van der Waals surface area contributed by atoms with Gasteiger partial charge in [0.15, 0.2) is 0 Å². The van der Waals surface area contributed by atoms with Crippen molar-refractivity contribution in [3.05, 3.63) is 59.7 Å². The molecule has 3 heteroatoms. The van der Waals surface area contributed by atoms with E-state index in [9.17, 15) is 0 Å². The van der Waals surface area contributed by atoms with Crippen molar-refractivity contribution in [2.45, 2.75) is 335 Å². The van der Waals surface area contributed by atoms with Gasteiger partial charge >= 0.3 is 0 Å². The van der Waals surface area contributed by atoms with Crippen LogP contribution in [0.5, 0.6) is 0 Å². The van der Waals surface area contributed by atoms with Gasteiger partial charge < -0.3 is 0 Å². The largest absolute Gasteiger partial charge is 0.255 e. The Balaban J connectivity index is 0.0000238. The van der Waals surface area contributed by atoms with Gasteiger partial charge in [-0.3, -0.25) is 9.98 Å². The standard InChI is InChI=1S/C66H116N2.Ni/c1-4-7-10-13-16-18-20-22-24-26-28-30-32-34-36-38-40-42-44-47-52-62-54-50-57-64(59-62)67-61-66(56-49-46-15-12-9-6-3)68-65-58-51-55-63(60-65)53-48-45-43-41-39-37-35-33-31-29-27-25-23-21-19-17-14-11-8-5-2;/h50-51,54-55,57-61H,4-49,52-53,56H2,1-3H3;. The van der Waals surface area contributed by atoms with Gasteiger partial charge in [0.05, 0.1) is 17.1 Å². The van der Waals surface area contributed by atoms with Gasteiger partial charge in [0.2, 0.25) is 0 Å². The molecule has 0 fully saturated rings. The quantitative estimate of drug-likeness (QED) is 0.0358. The molecule has 0 bridgehead atoms. The molecule has 0 aliphatic carbocycles. The number of hydrogen-bond acceptors (Lipinski definition) is 2. The van der Waals surface area contributed by atoms with Crippen LogP contribution in [0.4, 0.5) is 11.4 Å². The van der Waals surface area contributed by atoms with Gasteiger partial charge in [-0.05, 0) is 73.9 Å². The van der Waals surface area contributed by atoms with E-state index in [2.05, 4.69) is 75.5 Å². The topological polar surface area (TPSA) is 24.7 Å². The first kappa shape index (κ1) is 65.3. The summed E-state index contributed by atoms with van der Waals surface area (Å²) < 4.78 is 0. The van der Waals surface area contributed by atoms with E-state index in [1.54, 1.807) is 0 Å². The number of aliphatic imine (C=N–C) groups is 2. The summed E-state index contributed by atoms with van der Waals surface area (Å²) in [7, 11) is 0. The summed E-state index contributed by atoms with van der Waals surface area (Å²) in [5, 5.41) is 0. The molecular formula is C66H116N2Ni. The van der Waals surface area contributed by atoms with E-state index in [0.717, 1.165) is 36.3 Å². The average Bonchev–Trinajstić information content (AvgIpc) is 3.35. The Kier molecular flexibility index (Phi) is 49.8. The number of rotatable bonds is 52. The third-order valence-electron chi connectivity index (χ3n) is 14.9.